The van der Waals surface area contributed by atoms with Crippen molar-refractivity contribution >= 4 is 23.9 Å². The van der Waals surface area contributed by atoms with Crippen molar-refractivity contribution in [1.29, 1.82) is 0 Å². The van der Waals surface area contributed by atoms with Crippen molar-refractivity contribution in [3.05, 3.63) is 0 Å². The largest absolute Gasteiger partial charge is 2.00 e. The van der Waals surface area contributed by atoms with Crippen molar-refractivity contribution in [3.8, 4) is 0 Å². The van der Waals surface area contributed by atoms with Gasteiger partial charge in [0.25, 0.3) is 0 Å². The van der Waals surface area contributed by atoms with E-state index in [-0.39, 0.29) is 76.1 Å². The first-order valence-electron chi connectivity index (χ1n) is 5.46. The van der Waals surface area contributed by atoms with Crippen LogP contribution in [-0.4, -0.2) is 94.5 Å². The Labute approximate surface area is 175 Å². The Morgan fingerprint density at radius 1 is 0.680 bits per heavy atom. The summed E-state index contributed by atoms with van der Waals surface area (Å²) in [5, 5.41) is 39.8. The zero-order valence-corrected chi connectivity index (χ0v) is 16.4. The molecule has 0 unspecified atom stereocenters. The minimum atomic E-state index is -1.52. The molecular formula is C10H19FeN2NaO11. The summed E-state index contributed by atoms with van der Waals surface area (Å²) < 4.78 is 0. The molecule has 15 heteroatoms. The predicted molar refractivity (Wildman–Crippen MR) is 66.4 cm³/mol. The van der Waals surface area contributed by atoms with Crippen LogP contribution < -0.4 is 44.9 Å². The van der Waals surface area contributed by atoms with E-state index >= 15 is 0 Å². The number of rotatable bonds is 11. The van der Waals surface area contributed by atoms with Crippen LogP contribution in [0.25, 0.3) is 0 Å². The van der Waals surface area contributed by atoms with Gasteiger partial charge in [0.05, 0.1) is 24.5 Å². The van der Waals surface area contributed by atoms with E-state index in [9.17, 15) is 34.5 Å². The summed E-state index contributed by atoms with van der Waals surface area (Å²) in [6, 6.07) is 0. The third kappa shape index (κ3) is 25.6. The van der Waals surface area contributed by atoms with Gasteiger partial charge in [0, 0.05) is 32.7 Å². The van der Waals surface area contributed by atoms with E-state index in [1.165, 1.54) is 0 Å². The van der Waals surface area contributed by atoms with Gasteiger partial charge in [-0.3, -0.25) is 14.6 Å². The van der Waals surface area contributed by atoms with Gasteiger partial charge in [-0.2, -0.15) is 0 Å². The molecule has 0 aromatic heterocycles. The molecule has 0 aromatic carbocycles. The van der Waals surface area contributed by atoms with Crippen molar-refractivity contribution in [2.24, 2.45) is 0 Å². The van der Waals surface area contributed by atoms with Gasteiger partial charge in [0.15, 0.2) is 0 Å². The van der Waals surface area contributed by atoms with Crippen LogP contribution in [0.2, 0.25) is 0 Å². The molecule has 13 nitrogen and oxygen atoms in total. The first-order chi connectivity index (χ1) is 9.20. The van der Waals surface area contributed by atoms with Gasteiger partial charge in [-0.15, -0.1) is 0 Å². The Hall–Kier alpha value is -0.801. The molecule has 0 spiro atoms. The Morgan fingerprint density at radius 2 is 0.920 bits per heavy atom. The predicted octanol–water partition coefficient (Wildman–Crippen LogP) is -11.5. The zero-order valence-electron chi connectivity index (χ0n) is 13.3. The summed E-state index contributed by atoms with van der Waals surface area (Å²) in [6.45, 7) is -3.00. The van der Waals surface area contributed by atoms with Crippen LogP contribution in [0.1, 0.15) is 0 Å². The van der Waals surface area contributed by atoms with E-state index in [0.717, 1.165) is 9.80 Å². The third-order valence-corrected chi connectivity index (χ3v) is 2.15. The van der Waals surface area contributed by atoms with Crippen molar-refractivity contribution in [1.82, 2.24) is 9.80 Å². The molecule has 144 valence electrons. The fourth-order valence-electron chi connectivity index (χ4n) is 1.45. The van der Waals surface area contributed by atoms with Gasteiger partial charge in [0.1, 0.15) is 0 Å². The van der Waals surface area contributed by atoms with Gasteiger partial charge >= 0.3 is 52.6 Å². The van der Waals surface area contributed by atoms with E-state index in [4.69, 9.17) is 5.11 Å². The number of carbonyl (C=O) groups excluding carboxylic acids is 3. The summed E-state index contributed by atoms with van der Waals surface area (Å²) in [4.78, 5) is 43.7. The summed E-state index contributed by atoms with van der Waals surface area (Å²) in [5.41, 5.74) is 0. The molecule has 25 heavy (non-hydrogen) atoms. The average Bonchev–Trinajstić information content (AvgIpc) is 2.22. The van der Waals surface area contributed by atoms with E-state index < -0.39 is 50.1 Å². The molecule has 0 bridgehead atoms. The standard InChI is InChI=1S/C10H16N2O8.Fe.Na.3H2O/c13-7(14)3-11(4-8(15)16)1-2-12(5-9(17)18)6-10(19)20;;;;;/h1-6H2,(H,13,14)(H,15,16)(H,17,18)(H,19,20);;;3*1H2/q;+2;+1;;;/p-3. The number of aliphatic carboxylic acids is 4. The van der Waals surface area contributed by atoms with Crippen LogP contribution in [0.4, 0.5) is 0 Å². The van der Waals surface area contributed by atoms with E-state index in [0.29, 0.717) is 0 Å². The summed E-state index contributed by atoms with van der Waals surface area (Å²) in [5.74, 6) is -5.82. The van der Waals surface area contributed by atoms with E-state index in [1.807, 2.05) is 0 Å². The van der Waals surface area contributed by atoms with Gasteiger partial charge in [-0.1, -0.05) is 0 Å². The van der Waals surface area contributed by atoms with E-state index in [1.54, 1.807) is 0 Å². The van der Waals surface area contributed by atoms with Crippen LogP contribution in [0.3, 0.4) is 0 Å². The number of nitrogens with zero attached hydrogens (tertiary/aromatic N) is 2. The molecule has 0 saturated carbocycles. The van der Waals surface area contributed by atoms with Crippen LogP contribution >= 0.6 is 0 Å². The Balaban J connectivity index is -0.000000180. The first-order valence-corrected chi connectivity index (χ1v) is 5.46. The number of carboxylic acids is 4. The molecule has 0 aliphatic heterocycles. The van der Waals surface area contributed by atoms with Crippen LogP contribution in [0.5, 0.6) is 0 Å². The maximum absolute atomic E-state index is 10.5. The van der Waals surface area contributed by atoms with Crippen molar-refractivity contribution in [3.63, 3.8) is 0 Å². The summed E-state index contributed by atoms with van der Waals surface area (Å²) >= 11 is 0. The number of carboxylic acid groups (broad SMARTS) is 4. The Morgan fingerprint density at radius 3 is 1.12 bits per heavy atom. The maximum atomic E-state index is 10.5. The topological polar surface area (TPSA) is 259 Å². The van der Waals surface area contributed by atoms with Crippen LogP contribution in [0, 0.1) is 0 Å². The second kappa shape index (κ2) is 21.2. The number of hydrogen-bond donors (Lipinski definition) is 1. The average molecular weight is 422 g/mol. The van der Waals surface area contributed by atoms with Gasteiger partial charge in [-0.05, 0) is 0 Å². The molecule has 0 aliphatic rings. The smallest absolute Gasteiger partial charge is 0.549 e. The second-order valence-electron chi connectivity index (χ2n) is 3.93. The third-order valence-electron chi connectivity index (χ3n) is 2.15. The molecule has 0 fully saturated rings. The fraction of sp³-hybridized carbons (Fsp3) is 0.600. The molecule has 7 N–H and O–H groups in total. The maximum Gasteiger partial charge on any atom is 2.00 e. The Kier molecular flexibility index (Phi) is 33.4. The normalized spacial score (nSPS) is 8.56. The SMILES string of the molecule is O.O.O.O=C([O-])CN(CCN(CC(=O)[O-])CC(=O)O)CC(=O)[O-].[Fe+2].[Na+]. The number of carbonyl (C=O) groups is 4. The summed E-state index contributed by atoms with van der Waals surface area (Å²) in [7, 11) is 0. The van der Waals surface area contributed by atoms with Gasteiger partial charge in [-0.25, -0.2) is 0 Å². The van der Waals surface area contributed by atoms with Crippen LogP contribution in [-0.2, 0) is 36.2 Å². The first kappa shape index (κ1) is 39.3. The Bertz CT molecular complexity index is 331. The second-order valence-corrected chi connectivity index (χ2v) is 3.93. The quantitative estimate of drug-likeness (QED) is 0.307. The number of hydrogen-bond acceptors (Lipinski definition) is 9. The zero-order chi connectivity index (χ0) is 15.7. The van der Waals surface area contributed by atoms with Crippen molar-refractivity contribution < 1.29 is 103 Å². The van der Waals surface area contributed by atoms with E-state index in [2.05, 4.69) is 0 Å². The van der Waals surface area contributed by atoms with Crippen LogP contribution in [0.15, 0.2) is 0 Å². The summed E-state index contributed by atoms with van der Waals surface area (Å²) in [6.07, 6.45) is 0. The molecular weight excluding hydrogens is 403 g/mol. The molecule has 0 saturated heterocycles. The minimum Gasteiger partial charge on any atom is -0.549 e. The fourth-order valence-corrected chi connectivity index (χ4v) is 1.45. The molecule has 0 atom stereocenters. The molecule has 0 rings (SSSR count). The monoisotopic (exact) mass is 422 g/mol. The van der Waals surface area contributed by atoms with Gasteiger partial charge < -0.3 is 51.2 Å². The minimum absolute atomic E-state index is 0. The van der Waals surface area contributed by atoms with Crippen molar-refractivity contribution in [2.45, 2.75) is 0 Å². The molecule has 0 radical (unpaired) electrons. The molecule has 0 aromatic rings. The van der Waals surface area contributed by atoms with Crippen molar-refractivity contribution in [2.75, 3.05) is 39.3 Å². The molecule has 0 aliphatic carbocycles. The molecule has 0 amide bonds. The molecule has 0 heterocycles. The van der Waals surface area contributed by atoms with Gasteiger partial charge in [0.2, 0.25) is 0 Å².